The Bertz CT molecular complexity index is 518. The van der Waals surface area contributed by atoms with Crippen molar-refractivity contribution in [1.82, 2.24) is 15.5 Å². The van der Waals surface area contributed by atoms with Crippen LogP contribution in [0.5, 0.6) is 0 Å². The maximum atomic E-state index is 4.85. The Morgan fingerprint density at radius 2 is 2.11 bits per heavy atom. The minimum Gasteiger partial charge on any atom is -0.368 e. The van der Waals surface area contributed by atoms with Gasteiger partial charge < -0.3 is 14.7 Å². The molecule has 0 spiro atoms. The molecule has 5 heteroatoms. The molecule has 3 rings (SSSR count). The average Bonchev–Trinajstić information content (AvgIpc) is 2.93. The van der Waals surface area contributed by atoms with E-state index in [-0.39, 0.29) is 0 Å². The van der Waals surface area contributed by atoms with Crippen molar-refractivity contribution in [2.45, 2.75) is 6.92 Å². The van der Waals surface area contributed by atoms with E-state index in [4.69, 9.17) is 4.52 Å². The smallest absolute Gasteiger partial charge is 0.214 e. The predicted octanol–water partition coefficient (Wildman–Crippen LogP) is 1.45. The first-order valence-corrected chi connectivity index (χ1v) is 6.17. The van der Waals surface area contributed by atoms with Gasteiger partial charge in [-0.05, 0) is 24.6 Å². The molecule has 2 aromatic rings. The lowest BCUT2D eigenvalue weighted by molar-refractivity contribution is 0.418. The van der Waals surface area contributed by atoms with E-state index >= 15 is 0 Å². The number of aromatic nitrogens is 2. The van der Waals surface area contributed by atoms with E-state index in [2.05, 4.69) is 45.5 Å². The van der Waals surface area contributed by atoms with Gasteiger partial charge in [-0.15, -0.1) is 0 Å². The highest BCUT2D eigenvalue weighted by Crippen LogP contribution is 2.29. The van der Waals surface area contributed by atoms with E-state index in [1.807, 2.05) is 0 Å². The van der Waals surface area contributed by atoms with Crippen LogP contribution in [0.3, 0.4) is 0 Å². The van der Waals surface area contributed by atoms with Gasteiger partial charge in [-0.3, -0.25) is 0 Å². The molecule has 1 aliphatic heterocycles. The van der Waals surface area contributed by atoms with E-state index in [9.17, 15) is 0 Å². The zero-order chi connectivity index (χ0) is 12.4. The van der Waals surface area contributed by atoms with Gasteiger partial charge in [-0.25, -0.2) is 0 Å². The van der Waals surface area contributed by atoms with Crippen LogP contribution in [0.4, 0.5) is 5.69 Å². The van der Waals surface area contributed by atoms with Crippen LogP contribution in [0.25, 0.3) is 11.4 Å². The Labute approximate surface area is 106 Å². The summed E-state index contributed by atoms with van der Waals surface area (Å²) in [5.74, 6) is 0.656. The first kappa shape index (κ1) is 11.2. The van der Waals surface area contributed by atoms with Crippen molar-refractivity contribution in [3.05, 3.63) is 30.2 Å². The van der Waals surface area contributed by atoms with Crippen LogP contribution in [0.15, 0.2) is 29.1 Å². The molecule has 0 unspecified atom stereocenters. The number of rotatable bonds is 2. The lowest BCUT2D eigenvalue weighted by Crippen LogP contribution is -2.43. The van der Waals surface area contributed by atoms with Crippen molar-refractivity contribution in [2.75, 3.05) is 31.1 Å². The number of piperazine rings is 1. The summed E-state index contributed by atoms with van der Waals surface area (Å²) in [7, 11) is 0. The summed E-state index contributed by atoms with van der Waals surface area (Å²) in [5, 5.41) is 7.31. The Balaban J connectivity index is 2.03. The largest absolute Gasteiger partial charge is 0.368 e. The molecule has 1 aromatic heterocycles. The van der Waals surface area contributed by atoms with Crippen molar-refractivity contribution in [1.29, 1.82) is 0 Å². The fourth-order valence-corrected chi connectivity index (χ4v) is 2.29. The highest BCUT2D eigenvalue weighted by Gasteiger charge is 2.17. The second-order valence-corrected chi connectivity index (χ2v) is 4.51. The number of nitrogens with zero attached hydrogens (tertiary/aromatic N) is 3. The summed E-state index contributed by atoms with van der Waals surface area (Å²) in [4.78, 5) is 6.52. The van der Waals surface area contributed by atoms with Gasteiger partial charge in [0.25, 0.3) is 0 Å². The van der Waals surface area contributed by atoms with Gasteiger partial charge in [0.05, 0.1) is 0 Å². The summed E-state index contributed by atoms with van der Waals surface area (Å²) in [6, 6.07) is 6.34. The third-order valence-electron chi connectivity index (χ3n) is 3.21. The number of hydrogen-bond acceptors (Lipinski definition) is 5. The van der Waals surface area contributed by atoms with Gasteiger partial charge in [0, 0.05) is 37.4 Å². The quantitative estimate of drug-likeness (QED) is 0.866. The van der Waals surface area contributed by atoms with E-state index in [1.165, 1.54) is 17.6 Å². The molecule has 5 nitrogen and oxygen atoms in total. The van der Waals surface area contributed by atoms with Gasteiger partial charge in [-0.1, -0.05) is 11.2 Å². The molecular formula is C13H16N4O. The molecule has 2 heterocycles. The number of nitrogens with one attached hydrogen (secondary N) is 1. The summed E-state index contributed by atoms with van der Waals surface area (Å²) in [5.41, 5.74) is 3.48. The summed E-state index contributed by atoms with van der Waals surface area (Å²) < 4.78 is 4.85. The number of hydrogen-bond donors (Lipinski definition) is 1. The monoisotopic (exact) mass is 244 g/mol. The first-order chi connectivity index (χ1) is 8.84. The second kappa shape index (κ2) is 4.78. The molecule has 0 aliphatic carbocycles. The number of aryl methyl sites for hydroxylation is 1. The number of anilines is 1. The molecule has 94 valence electrons. The minimum absolute atomic E-state index is 0.656. The Morgan fingerprint density at radius 3 is 2.83 bits per heavy atom. The van der Waals surface area contributed by atoms with Crippen LogP contribution in [0.1, 0.15) is 5.56 Å². The third-order valence-corrected chi connectivity index (χ3v) is 3.21. The zero-order valence-corrected chi connectivity index (χ0v) is 10.4. The van der Waals surface area contributed by atoms with Crippen LogP contribution in [-0.4, -0.2) is 36.3 Å². The van der Waals surface area contributed by atoms with E-state index in [0.717, 1.165) is 31.7 Å². The van der Waals surface area contributed by atoms with Gasteiger partial charge in [0.2, 0.25) is 12.2 Å². The van der Waals surface area contributed by atoms with Crippen LogP contribution in [-0.2, 0) is 0 Å². The third kappa shape index (κ3) is 2.09. The van der Waals surface area contributed by atoms with E-state index in [1.54, 1.807) is 0 Å². The van der Waals surface area contributed by atoms with Gasteiger partial charge in [-0.2, -0.15) is 4.98 Å². The Kier molecular flexibility index (Phi) is 2.98. The normalized spacial score (nSPS) is 15.9. The molecular weight excluding hydrogens is 228 g/mol. The zero-order valence-electron chi connectivity index (χ0n) is 10.4. The van der Waals surface area contributed by atoms with Crippen molar-refractivity contribution < 1.29 is 4.52 Å². The molecule has 1 N–H and O–H groups in total. The van der Waals surface area contributed by atoms with Gasteiger partial charge in [0.1, 0.15) is 0 Å². The van der Waals surface area contributed by atoms with Crippen molar-refractivity contribution >= 4 is 5.69 Å². The molecule has 0 bridgehead atoms. The van der Waals surface area contributed by atoms with Crippen LogP contribution in [0, 0.1) is 6.92 Å². The average molecular weight is 244 g/mol. The van der Waals surface area contributed by atoms with Gasteiger partial charge >= 0.3 is 0 Å². The summed E-state index contributed by atoms with van der Waals surface area (Å²) in [6.07, 6.45) is 1.37. The minimum atomic E-state index is 0.656. The van der Waals surface area contributed by atoms with Crippen LogP contribution in [0.2, 0.25) is 0 Å². The van der Waals surface area contributed by atoms with Crippen molar-refractivity contribution in [3.8, 4) is 11.4 Å². The highest BCUT2D eigenvalue weighted by atomic mass is 16.5. The maximum Gasteiger partial charge on any atom is 0.214 e. The lowest BCUT2D eigenvalue weighted by atomic mass is 10.1. The number of benzene rings is 1. The molecule has 1 saturated heterocycles. The van der Waals surface area contributed by atoms with Crippen molar-refractivity contribution in [3.63, 3.8) is 0 Å². The molecule has 1 aromatic carbocycles. The lowest BCUT2D eigenvalue weighted by Gasteiger charge is -2.31. The maximum absolute atomic E-state index is 4.85. The second-order valence-electron chi connectivity index (χ2n) is 4.51. The molecule has 0 atom stereocenters. The highest BCUT2D eigenvalue weighted by molar-refractivity contribution is 5.75. The summed E-state index contributed by atoms with van der Waals surface area (Å²) in [6.45, 7) is 6.15. The molecule has 0 radical (unpaired) electrons. The first-order valence-electron chi connectivity index (χ1n) is 6.17. The molecule has 1 aliphatic rings. The molecule has 0 amide bonds. The Morgan fingerprint density at radius 1 is 1.28 bits per heavy atom. The SMILES string of the molecule is Cc1ccc(-c2ncon2)c(N2CCNCC2)c1. The fraction of sp³-hybridized carbons (Fsp3) is 0.385. The van der Waals surface area contributed by atoms with Crippen LogP contribution < -0.4 is 10.2 Å². The molecule has 18 heavy (non-hydrogen) atoms. The topological polar surface area (TPSA) is 54.2 Å². The fourth-order valence-electron chi connectivity index (χ4n) is 2.29. The molecule has 1 fully saturated rings. The Hall–Kier alpha value is -1.88. The van der Waals surface area contributed by atoms with Gasteiger partial charge in [0.15, 0.2) is 0 Å². The standard InChI is InChI=1S/C13H16N4O/c1-10-2-3-11(13-15-9-18-16-13)12(8-10)17-6-4-14-5-7-17/h2-3,8-9,14H,4-7H2,1H3. The summed E-state index contributed by atoms with van der Waals surface area (Å²) >= 11 is 0. The van der Waals surface area contributed by atoms with Crippen LogP contribution >= 0.6 is 0 Å². The van der Waals surface area contributed by atoms with E-state index in [0.29, 0.717) is 5.82 Å². The van der Waals surface area contributed by atoms with E-state index < -0.39 is 0 Å². The molecule has 0 saturated carbocycles. The predicted molar refractivity (Wildman–Crippen MR) is 69.6 cm³/mol. The van der Waals surface area contributed by atoms with Crippen molar-refractivity contribution in [2.24, 2.45) is 0 Å².